The Morgan fingerprint density at radius 3 is 2.67 bits per heavy atom. The van der Waals surface area contributed by atoms with Crippen LogP contribution in [0, 0.1) is 6.92 Å². The standard InChI is InChI=1S/C14H21NO3/c1-10-5-4-6-11(7-10)12(9-16)8-14(2,3)18-13(15)17/h4-7,12,16H,8-9H2,1-3H3,(H2,15,17). The summed E-state index contributed by atoms with van der Waals surface area (Å²) >= 11 is 0. The van der Waals surface area contributed by atoms with Gasteiger partial charge in [-0.25, -0.2) is 4.79 Å². The van der Waals surface area contributed by atoms with Crippen LogP contribution in [0.5, 0.6) is 0 Å². The van der Waals surface area contributed by atoms with Gasteiger partial charge in [0.25, 0.3) is 0 Å². The van der Waals surface area contributed by atoms with Crippen LogP contribution >= 0.6 is 0 Å². The van der Waals surface area contributed by atoms with Gasteiger partial charge in [0.05, 0.1) is 6.61 Å². The number of nitrogens with two attached hydrogens (primary N) is 1. The van der Waals surface area contributed by atoms with E-state index >= 15 is 0 Å². The van der Waals surface area contributed by atoms with Gasteiger partial charge in [0.1, 0.15) is 5.60 Å². The van der Waals surface area contributed by atoms with E-state index in [9.17, 15) is 9.90 Å². The molecule has 18 heavy (non-hydrogen) atoms. The molecule has 4 nitrogen and oxygen atoms in total. The SMILES string of the molecule is Cc1cccc(C(CO)CC(C)(C)OC(N)=O)c1. The van der Waals surface area contributed by atoms with E-state index in [-0.39, 0.29) is 12.5 Å². The molecule has 1 amide bonds. The lowest BCUT2D eigenvalue weighted by molar-refractivity contribution is 0.0285. The second kappa shape index (κ2) is 5.87. The molecule has 0 aliphatic rings. The lowest BCUT2D eigenvalue weighted by atomic mass is 9.88. The minimum Gasteiger partial charge on any atom is -0.444 e. The van der Waals surface area contributed by atoms with Crippen LogP contribution in [0.25, 0.3) is 0 Å². The molecule has 0 aliphatic heterocycles. The van der Waals surface area contributed by atoms with Crippen LogP contribution in [-0.2, 0) is 4.74 Å². The minimum absolute atomic E-state index is 0.00893. The summed E-state index contributed by atoms with van der Waals surface area (Å²) in [6, 6.07) is 7.95. The zero-order valence-electron chi connectivity index (χ0n) is 11.1. The Morgan fingerprint density at radius 2 is 2.17 bits per heavy atom. The molecule has 0 heterocycles. The number of amides is 1. The van der Waals surface area contributed by atoms with Crippen LogP contribution in [0.2, 0.25) is 0 Å². The van der Waals surface area contributed by atoms with Gasteiger partial charge in [-0.1, -0.05) is 29.8 Å². The second-order valence-electron chi connectivity index (χ2n) is 5.18. The fraction of sp³-hybridized carbons (Fsp3) is 0.500. The molecule has 1 aromatic rings. The molecule has 1 unspecified atom stereocenters. The predicted molar refractivity (Wildman–Crippen MR) is 70.4 cm³/mol. The largest absolute Gasteiger partial charge is 0.444 e. The van der Waals surface area contributed by atoms with E-state index in [0.717, 1.165) is 11.1 Å². The number of carbonyl (C=O) groups is 1. The van der Waals surface area contributed by atoms with Gasteiger partial charge in [0, 0.05) is 5.92 Å². The Bertz CT molecular complexity index is 415. The topological polar surface area (TPSA) is 72.6 Å². The van der Waals surface area contributed by atoms with Gasteiger partial charge in [0.15, 0.2) is 0 Å². The van der Waals surface area contributed by atoms with Crippen LogP contribution in [0.1, 0.15) is 37.3 Å². The molecule has 0 radical (unpaired) electrons. The number of primary amides is 1. The summed E-state index contributed by atoms with van der Waals surface area (Å²) < 4.78 is 5.05. The molecule has 0 spiro atoms. The monoisotopic (exact) mass is 251 g/mol. The molecule has 100 valence electrons. The second-order valence-corrected chi connectivity index (χ2v) is 5.18. The number of aryl methyl sites for hydroxylation is 1. The van der Waals surface area contributed by atoms with Crippen molar-refractivity contribution < 1.29 is 14.6 Å². The number of aliphatic hydroxyl groups is 1. The quantitative estimate of drug-likeness (QED) is 0.843. The number of aliphatic hydroxyl groups excluding tert-OH is 1. The van der Waals surface area contributed by atoms with E-state index in [1.165, 1.54) is 0 Å². The van der Waals surface area contributed by atoms with Crippen LogP contribution in [0.4, 0.5) is 4.79 Å². The summed E-state index contributed by atoms with van der Waals surface area (Å²) in [5.41, 5.74) is 6.52. The van der Waals surface area contributed by atoms with Gasteiger partial charge < -0.3 is 15.6 Å². The highest BCUT2D eigenvalue weighted by molar-refractivity contribution is 5.65. The van der Waals surface area contributed by atoms with Crippen molar-refractivity contribution in [1.29, 1.82) is 0 Å². The zero-order valence-corrected chi connectivity index (χ0v) is 11.1. The first kappa shape index (κ1) is 14.5. The van der Waals surface area contributed by atoms with Gasteiger partial charge >= 0.3 is 6.09 Å². The van der Waals surface area contributed by atoms with Gasteiger partial charge in [-0.05, 0) is 32.8 Å². The number of carbonyl (C=O) groups excluding carboxylic acids is 1. The Labute approximate surface area is 108 Å². The highest BCUT2D eigenvalue weighted by Crippen LogP contribution is 2.28. The summed E-state index contributed by atoms with van der Waals surface area (Å²) in [4.78, 5) is 10.8. The summed E-state index contributed by atoms with van der Waals surface area (Å²) in [6.45, 7) is 5.59. The zero-order chi connectivity index (χ0) is 13.8. The van der Waals surface area contributed by atoms with Crippen molar-refractivity contribution in [3.8, 4) is 0 Å². The molecule has 0 aromatic heterocycles. The Morgan fingerprint density at radius 1 is 1.50 bits per heavy atom. The molecular formula is C14H21NO3. The van der Waals surface area contributed by atoms with Crippen molar-refractivity contribution in [2.75, 3.05) is 6.61 Å². The summed E-state index contributed by atoms with van der Waals surface area (Å²) in [5, 5.41) is 9.50. The third kappa shape index (κ3) is 4.37. The maximum absolute atomic E-state index is 10.8. The van der Waals surface area contributed by atoms with E-state index in [4.69, 9.17) is 10.5 Å². The van der Waals surface area contributed by atoms with Gasteiger partial charge in [-0.2, -0.15) is 0 Å². The van der Waals surface area contributed by atoms with Crippen LogP contribution in [-0.4, -0.2) is 23.4 Å². The first-order valence-corrected chi connectivity index (χ1v) is 6.00. The van der Waals surface area contributed by atoms with Crippen LogP contribution in [0.15, 0.2) is 24.3 Å². The van der Waals surface area contributed by atoms with Crippen molar-refractivity contribution >= 4 is 6.09 Å². The van der Waals surface area contributed by atoms with E-state index in [1.54, 1.807) is 13.8 Å². The van der Waals surface area contributed by atoms with Crippen molar-refractivity contribution in [3.63, 3.8) is 0 Å². The van der Waals surface area contributed by atoms with E-state index in [0.29, 0.717) is 6.42 Å². The average molecular weight is 251 g/mol. The molecule has 1 rings (SSSR count). The Hall–Kier alpha value is -1.55. The van der Waals surface area contributed by atoms with Gasteiger partial charge in [-0.15, -0.1) is 0 Å². The Balaban J connectivity index is 2.82. The summed E-state index contributed by atoms with van der Waals surface area (Å²) in [6.07, 6.45) is -0.267. The van der Waals surface area contributed by atoms with Crippen molar-refractivity contribution in [3.05, 3.63) is 35.4 Å². The molecule has 0 saturated carbocycles. The number of ether oxygens (including phenoxy) is 1. The number of benzene rings is 1. The lowest BCUT2D eigenvalue weighted by Gasteiger charge is -2.28. The summed E-state index contributed by atoms with van der Waals surface area (Å²) in [5.74, 6) is -0.0701. The van der Waals surface area contributed by atoms with Crippen molar-refractivity contribution in [2.45, 2.75) is 38.7 Å². The molecule has 0 saturated heterocycles. The molecular weight excluding hydrogens is 230 g/mol. The van der Waals surface area contributed by atoms with E-state index in [1.807, 2.05) is 31.2 Å². The first-order chi connectivity index (χ1) is 8.34. The number of hydrogen-bond donors (Lipinski definition) is 2. The lowest BCUT2D eigenvalue weighted by Crippen LogP contribution is -2.33. The predicted octanol–water partition coefficient (Wildman–Crippen LogP) is 2.33. The molecule has 0 bridgehead atoms. The number of hydrogen-bond acceptors (Lipinski definition) is 3. The van der Waals surface area contributed by atoms with Crippen LogP contribution in [0.3, 0.4) is 0 Å². The molecule has 1 aromatic carbocycles. The molecule has 0 fully saturated rings. The van der Waals surface area contributed by atoms with Crippen molar-refractivity contribution in [1.82, 2.24) is 0 Å². The molecule has 1 atom stereocenters. The molecule has 3 N–H and O–H groups in total. The van der Waals surface area contributed by atoms with Crippen molar-refractivity contribution in [2.24, 2.45) is 5.73 Å². The smallest absolute Gasteiger partial charge is 0.405 e. The van der Waals surface area contributed by atoms with E-state index < -0.39 is 11.7 Å². The summed E-state index contributed by atoms with van der Waals surface area (Å²) in [7, 11) is 0. The Kier molecular flexibility index (Phi) is 4.73. The average Bonchev–Trinajstić information content (AvgIpc) is 2.24. The fourth-order valence-electron chi connectivity index (χ4n) is 2.12. The maximum Gasteiger partial charge on any atom is 0.405 e. The maximum atomic E-state index is 10.8. The van der Waals surface area contributed by atoms with E-state index in [2.05, 4.69) is 0 Å². The van der Waals surface area contributed by atoms with Gasteiger partial charge in [-0.3, -0.25) is 0 Å². The normalized spacial score (nSPS) is 13.1. The highest BCUT2D eigenvalue weighted by Gasteiger charge is 2.27. The molecule has 0 aliphatic carbocycles. The minimum atomic E-state index is -0.791. The first-order valence-electron chi connectivity index (χ1n) is 6.00. The third-order valence-corrected chi connectivity index (χ3v) is 2.85. The van der Waals surface area contributed by atoms with Crippen LogP contribution < -0.4 is 5.73 Å². The van der Waals surface area contributed by atoms with Gasteiger partial charge in [0.2, 0.25) is 0 Å². The highest BCUT2D eigenvalue weighted by atomic mass is 16.6. The third-order valence-electron chi connectivity index (χ3n) is 2.85. The fourth-order valence-corrected chi connectivity index (χ4v) is 2.12. The molecule has 4 heteroatoms. The number of rotatable bonds is 5.